The van der Waals surface area contributed by atoms with Crippen molar-refractivity contribution in [3.8, 4) is 56.2 Å². The molecule has 0 saturated heterocycles. The lowest BCUT2D eigenvalue weighted by Gasteiger charge is -2.14. The zero-order valence-corrected chi connectivity index (χ0v) is 25.3. The molecule has 0 bridgehead atoms. The van der Waals surface area contributed by atoms with Crippen LogP contribution < -0.4 is 0 Å². The fraction of sp³-hybridized carbons (Fsp3) is 0. The molecule has 9 aromatic rings. The molecule has 0 fully saturated rings. The fourth-order valence-electron chi connectivity index (χ4n) is 6.37. The molecule has 4 heteroatoms. The number of para-hydroxylation sites is 1. The number of fused-ring (bicyclic) bond motifs is 4. The second kappa shape index (κ2) is 11.2. The Morgan fingerprint density at radius 3 is 1.83 bits per heavy atom. The van der Waals surface area contributed by atoms with Crippen molar-refractivity contribution in [3.63, 3.8) is 0 Å². The van der Waals surface area contributed by atoms with Gasteiger partial charge in [-0.2, -0.15) is 0 Å². The maximum absolute atomic E-state index is 6.16. The summed E-state index contributed by atoms with van der Waals surface area (Å²) in [6.45, 7) is 0. The minimum atomic E-state index is 0.679. The van der Waals surface area contributed by atoms with Crippen LogP contribution in [-0.4, -0.2) is 15.0 Å². The van der Waals surface area contributed by atoms with Gasteiger partial charge in [-0.1, -0.05) is 91.0 Å². The van der Waals surface area contributed by atoms with Crippen LogP contribution in [0.15, 0.2) is 168 Å². The molecule has 0 amide bonds. The molecule has 0 saturated carbocycles. The SMILES string of the molecule is c1ccc(-c2nc(-c3ccncc3)cc(-c3cc(-c4ccc5ccccc5c4)cc(-c4ccc5oc6ccccc6c5c4)c3)n2)cc1. The lowest BCUT2D eigenvalue weighted by Crippen LogP contribution is -1.96. The third kappa shape index (κ3) is 5.02. The van der Waals surface area contributed by atoms with Crippen LogP contribution in [0.25, 0.3) is 88.9 Å². The molecule has 0 unspecified atom stereocenters. The highest BCUT2D eigenvalue weighted by Crippen LogP contribution is 2.38. The van der Waals surface area contributed by atoms with E-state index in [9.17, 15) is 0 Å². The van der Waals surface area contributed by atoms with E-state index in [-0.39, 0.29) is 0 Å². The fourth-order valence-corrected chi connectivity index (χ4v) is 6.37. The molecule has 0 radical (unpaired) electrons. The van der Waals surface area contributed by atoms with Gasteiger partial charge in [0.25, 0.3) is 0 Å². The number of aromatic nitrogens is 3. The summed E-state index contributed by atoms with van der Waals surface area (Å²) >= 11 is 0. The topological polar surface area (TPSA) is 51.8 Å². The van der Waals surface area contributed by atoms with Crippen molar-refractivity contribution in [2.24, 2.45) is 0 Å². The number of hydrogen-bond donors (Lipinski definition) is 0. The van der Waals surface area contributed by atoms with Gasteiger partial charge in [0.2, 0.25) is 0 Å². The molecular formula is C43H27N3O. The smallest absolute Gasteiger partial charge is 0.160 e. The van der Waals surface area contributed by atoms with Gasteiger partial charge in [0.15, 0.2) is 5.82 Å². The molecule has 0 spiro atoms. The van der Waals surface area contributed by atoms with Crippen LogP contribution in [0.5, 0.6) is 0 Å². The summed E-state index contributed by atoms with van der Waals surface area (Å²) in [5.74, 6) is 0.679. The molecule has 0 N–H and O–H groups in total. The van der Waals surface area contributed by atoms with E-state index in [0.717, 1.165) is 72.3 Å². The predicted molar refractivity (Wildman–Crippen MR) is 192 cm³/mol. The molecule has 220 valence electrons. The van der Waals surface area contributed by atoms with Crippen molar-refractivity contribution < 1.29 is 4.42 Å². The van der Waals surface area contributed by atoms with E-state index in [2.05, 4.69) is 114 Å². The Morgan fingerprint density at radius 1 is 0.362 bits per heavy atom. The third-order valence-electron chi connectivity index (χ3n) is 8.76. The molecule has 3 heterocycles. The van der Waals surface area contributed by atoms with Crippen LogP contribution in [0.4, 0.5) is 0 Å². The van der Waals surface area contributed by atoms with Crippen LogP contribution >= 0.6 is 0 Å². The van der Waals surface area contributed by atoms with Crippen LogP contribution in [-0.2, 0) is 0 Å². The van der Waals surface area contributed by atoms with Gasteiger partial charge in [-0.15, -0.1) is 0 Å². The molecule has 6 aromatic carbocycles. The summed E-state index contributed by atoms with van der Waals surface area (Å²) in [4.78, 5) is 14.4. The highest BCUT2D eigenvalue weighted by atomic mass is 16.3. The maximum atomic E-state index is 6.16. The summed E-state index contributed by atoms with van der Waals surface area (Å²) in [7, 11) is 0. The Hall–Kier alpha value is -6.39. The standard InChI is InChI=1S/C43H27N3O/c1-2-9-30(10-3-1)43-45-39(29-18-20-44-21-19-29)27-40(46-43)36-24-34(32-15-14-28-8-4-5-11-31(28)22-32)23-35(25-36)33-16-17-42-38(26-33)37-12-6-7-13-41(37)47-42/h1-27H. The van der Waals surface area contributed by atoms with Crippen molar-refractivity contribution >= 4 is 32.7 Å². The van der Waals surface area contributed by atoms with Crippen LogP contribution in [0.3, 0.4) is 0 Å². The Bertz CT molecular complexity index is 2510. The van der Waals surface area contributed by atoms with E-state index in [1.54, 1.807) is 12.4 Å². The van der Waals surface area contributed by atoms with Crippen LogP contribution in [0, 0.1) is 0 Å². The highest BCUT2D eigenvalue weighted by Gasteiger charge is 2.15. The minimum Gasteiger partial charge on any atom is -0.456 e. The van der Waals surface area contributed by atoms with Gasteiger partial charge in [0.05, 0.1) is 11.4 Å². The molecule has 0 aliphatic rings. The first-order chi connectivity index (χ1) is 23.2. The average Bonchev–Trinajstić information content (AvgIpc) is 3.53. The van der Waals surface area contributed by atoms with Gasteiger partial charge in [-0.05, 0) is 93.7 Å². The largest absolute Gasteiger partial charge is 0.456 e. The van der Waals surface area contributed by atoms with Crippen molar-refractivity contribution in [1.29, 1.82) is 0 Å². The first-order valence-corrected chi connectivity index (χ1v) is 15.7. The summed E-state index contributed by atoms with van der Waals surface area (Å²) in [5.41, 5.74) is 10.9. The van der Waals surface area contributed by atoms with E-state index in [0.29, 0.717) is 5.82 Å². The molecule has 0 atom stereocenters. The number of pyridine rings is 1. The third-order valence-corrected chi connectivity index (χ3v) is 8.76. The lowest BCUT2D eigenvalue weighted by atomic mass is 9.93. The molecule has 9 rings (SSSR count). The first kappa shape index (κ1) is 27.0. The molecule has 0 aliphatic heterocycles. The quantitative estimate of drug-likeness (QED) is 0.197. The van der Waals surface area contributed by atoms with Gasteiger partial charge >= 0.3 is 0 Å². The van der Waals surface area contributed by atoms with Crippen molar-refractivity contribution in [2.75, 3.05) is 0 Å². The van der Waals surface area contributed by atoms with E-state index >= 15 is 0 Å². The number of rotatable bonds is 5. The second-order valence-corrected chi connectivity index (χ2v) is 11.7. The van der Waals surface area contributed by atoms with Gasteiger partial charge in [-0.3, -0.25) is 4.98 Å². The highest BCUT2D eigenvalue weighted by molar-refractivity contribution is 6.06. The summed E-state index contributed by atoms with van der Waals surface area (Å²) in [6.07, 6.45) is 3.60. The van der Waals surface area contributed by atoms with E-state index < -0.39 is 0 Å². The Morgan fingerprint density at radius 2 is 1.00 bits per heavy atom. The van der Waals surface area contributed by atoms with Crippen LogP contribution in [0.2, 0.25) is 0 Å². The van der Waals surface area contributed by atoms with Crippen molar-refractivity contribution in [3.05, 3.63) is 164 Å². The minimum absolute atomic E-state index is 0.679. The zero-order chi connectivity index (χ0) is 31.2. The predicted octanol–water partition coefficient (Wildman–Crippen LogP) is 11.3. The number of hydrogen-bond acceptors (Lipinski definition) is 4. The Balaban J connectivity index is 1.28. The van der Waals surface area contributed by atoms with Crippen LogP contribution in [0.1, 0.15) is 0 Å². The molecule has 3 aromatic heterocycles. The van der Waals surface area contributed by atoms with E-state index in [1.165, 1.54) is 10.8 Å². The van der Waals surface area contributed by atoms with Gasteiger partial charge in [-0.25, -0.2) is 9.97 Å². The monoisotopic (exact) mass is 601 g/mol. The van der Waals surface area contributed by atoms with Gasteiger partial charge < -0.3 is 4.42 Å². The molecule has 0 aliphatic carbocycles. The van der Waals surface area contributed by atoms with Crippen molar-refractivity contribution in [2.45, 2.75) is 0 Å². The summed E-state index contributed by atoms with van der Waals surface area (Å²) in [6, 6.07) is 52.8. The Kier molecular flexibility index (Phi) is 6.43. The zero-order valence-electron chi connectivity index (χ0n) is 25.3. The van der Waals surface area contributed by atoms with Gasteiger partial charge in [0, 0.05) is 39.9 Å². The molecule has 4 nitrogen and oxygen atoms in total. The first-order valence-electron chi connectivity index (χ1n) is 15.7. The molecule has 47 heavy (non-hydrogen) atoms. The molecular weight excluding hydrogens is 574 g/mol. The number of nitrogens with zero attached hydrogens (tertiary/aromatic N) is 3. The number of benzene rings is 6. The normalized spacial score (nSPS) is 11.4. The summed E-state index contributed by atoms with van der Waals surface area (Å²) in [5, 5.41) is 4.64. The van der Waals surface area contributed by atoms with Crippen molar-refractivity contribution in [1.82, 2.24) is 15.0 Å². The average molecular weight is 602 g/mol. The number of furan rings is 1. The van der Waals surface area contributed by atoms with Gasteiger partial charge in [0.1, 0.15) is 11.2 Å². The Labute approximate surface area is 271 Å². The second-order valence-electron chi connectivity index (χ2n) is 11.7. The van der Waals surface area contributed by atoms with E-state index in [1.807, 2.05) is 42.5 Å². The maximum Gasteiger partial charge on any atom is 0.160 e. The van der Waals surface area contributed by atoms with E-state index in [4.69, 9.17) is 14.4 Å². The summed E-state index contributed by atoms with van der Waals surface area (Å²) < 4.78 is 6.16. The lowest BCUT2D eigenvalue weighted by molar-refractivity contribution is 0.669.